The molecule has 1 saturated heterocycles. The summed E-state index contributed by atoms with van der Waals surface area (Å²) >= 11 is 0. The van der Waals surface area contributed by atoms with Crippen LogP contribution in [0.3, 0.4) is 0 Å². The summed E-state index contributed by atoms with van der Waals surface area (Å²) in [7, 11) is 1.83. The van der Waals surface area contributed by atoms with Crippen molar-refractivity contribution in [2.75, 3.05) is 26.8 Å². The van der Waals surface area contributed by atoms with E-state index in [-0.39, 0.29) is 24.4 Å². The highest BCUT2D eigenvalue weighted by Gasteiger charge is 2.21. The molecule has 1 rings (SSSR count). The summed E-state index contributed by atoms with van der Waals surface area (Å²) in [6, 6.07) is 0.136. The van der Waals surface area contributed by atoms with Gasteiger partial charge in [-0.2, -0.15) is 0 Å². The second-order valence-corrected chi connectivity index (χ2v) is 4.35. The summed E-state index contributed by atoms with van der Waals surface area (Å²) in [4.78, 5) is 13.6. The highest BCUT2D eigenvalue weighted by molar-refractivity contribution is 5.85. The molecule has 1 unspecified atom stereocenters. The molecule has 0 spiro atoms. The zero-order valence-electron chi connectivity index (χ0n) is 10.1. The smallest absolute Gasteiger partial charge is 0.222 e. The van der Waals surface area contributed by atoms with Crippen molar-refractivity contribution in [3.05, 3.63) is 0 Å². The molecule has 0 bridgehead atoms. The van der Waals surface area contributed by atoms with Gasteiger partial charge in [-0.1, -0.05) is 0 Å². The Hall–Kier alpha value is -0.320. The summed E-state index contributed by atoms with van der Waals surface area (Å²) in [5.41, 5.74) is 5.53. The van der Waals surface area contributed by atoms with Gasteiger partial charge in [0, 0.05) is 39.3 Å². The van der Waals surface area contributed by atoms with E-state index in [0.29, 0.717) is 18.9 Å². The van der Waals surface area contributed by atoms with E-state index in [9.17, 15) is 4.79 Å². The Bertz CT molecular complexity index is 208. The van der Waals surface area contributed by atoms with Crippen LogP contribution in [0.15, 0.2) is 0 Å². The summed E-state index contributed by atoms with van der Waals surface area (Å²) < 4.78 is 5.27. The molecule has 16 heavy (non-hydrogen) atoms. The average Bonchev–Trinajstić information content (AvgIpc) is 2.28. The first-order valence-electron chi connectivity index (χ1n) is 5.68. The Morgan fingerprint density at radius 2 is 2.06 bits per heavy atom. The first kappa shape index (κ1) is 15.7. The van der Waals surface area contributed by atoms with Crippen LogP contribution in [0, 0.1) is 5.92 Å². The van der Waals surface area contributed by atoms with E-state index >= 15 is 0 Å². The minimum Gasteiger partial charge on any atom is -0.381 e. The van der Waals surface area contributed by atoms with Crippen molar-refractivity contribution in [3.8, 4) is 0 Å². The second kappa shape index (κ2) is 7.87. The molecular formula is C11H23ClN2O2. The molecule has 1 fully saturated rings. The van der Waals surface area contributed by atoms with E-state index in [4.69, 9.17) is 10.5 Å². The van der Waals surface area contributed by atoms with Crippen molar-refractivity contribution in [3.63, 3.8) is 0 Å². The number of carbonyl (C=O) groups excluding carboxylic acids is 1. The summed E-state index contributed by atoms with van der Waals surface area (Å²) in [5, 5.41) is 0. The average molecular weight is 251 g/mol. The van der Waals surface area contributed by atoms with Gasteiger partial charge in [0.2, 0.25) is 5.91 Å². The van der Waals surface area contributed by atoms with Gasteiger partial charge in [-0.05, 0) is 25.7 Å². The fourth-order valence-corrected chi connectivity index (χ4v) is 1.75. The normalized spacial score (nSPS) is 18.7. The maximum Gasteiger partial charge on any atom is 0.222 e. The highest BCUT2D eigenvalue weighted by Crippen LogP contribution is 2.19. The predicted octanol–water partition coefficient (Wildman–Crippen LogP) is 1.03. The van der Waals surface area contributed by atoms with Gasteiger partial charge in [0.05, 0.1) is 0 Å². The summed E-state index contributed by atoms with van der Waals surface area (Å²) in [6.45, 7) is 4.10. The van der Waals surface area contributed by atoms with Crippen molar-refractivity contribution in [1.82, 2.24) is 4.90 Å². The maximum absolute atomic E-state index is 11.8. The zero-order valence-corrected chi connectivity index (χ0v) is 11.0. The van der Waals surface area contributed by atoms with Gasteiger partial charge in [-0.15, -0.1) is 12.4 Å². The number of rotatable bonds is 4. The number of likely N-dealkylation sites (N-methyl/N-ethyl adjacent to an activating group) is 1. The molecular weight excluding hydrogens is 228 g/mol. The minimum atomic E-state index is 0. The molecule has 4 nitrogen and oxygen atoms in total. The van der Waals surface area contributed by atoms with E-state index < -0.39 is 0 Å². The Labute approximate surface area is 104 Å². The molecule has 1 heterocycles. The molecule has 1 atom stereocenters. The molecule has 5 heteroatoms. The number of ether oxygens (including phenoxy) is 1. The zero-order chi connectivity index (χ0) is 11.3. The van der Waals surface area contributed by atoms with Crippen molar-refractivity contribution >= 4 is 18.3 Å². The molecule has 0 aliphatic carbocycles. The topological polar surface area (TPSA) is 55.6 Å². The second-order valence-electron chi connectivity index (χ2n) is 4.35. The largest absolute Gasteiger partial charge is 0.381 e. The Morgan fingerprint density at radius 3 is 2.56 bits per heavy atom. The third kappa shape index (κ3) is 4.68. The van der Waals surface area contributed by atoms with Crippen LogP contribution in [0.1, 0.15) is 26.2 Å². The van der Waals surface area contributed by atoms with Gasteiger partial charge >= 0.3 is 0 Å². The van der Waals surface area contributed by atoms with Gasteiger partial charge in [0.25, 0.3) is 0 Å². The third-order valence-electron chi connectivity index (χ3n) is 3.20. The van der Waals surface area contributed by atoms with Crippen LogP contribution < -0.4 is 5.73 Å². The number of hydrogen-bond donors (Lipinski definition) is 1. The van der Waals surface area contributed by atoms with Crippen molar-refractivity contribution < 1.29 is 9.53 Å². The SMILES string of the molecule is CC(CN)N(C)C(=O)CC1CCOCC1.Cl. The number of nitrogens with zero attached hydrogens (tertiary/aromatic N) is 1. The number of carbonyl (C=O) groups is 1. The first-order valence-corrected chi connectivity index (χ1v) is 5.68. The number of nitrogens with two attached hydrogens (primary N) is 1. The molecule has 0 aromatic carbocycles. The lowest BCUT2D eigenvalue weighted by atomic mass is 9.96. The lowest BCUT2D eigenvalue weighted by Crippen LogP contribution is -2.40. The van der Waals surface area contributed by atoms with Crippen molar-refractivity contribution in [2.45, 2.75) is 32.2 Å². The molecule has 1 amide bonds. The van der Waals surface area contributed by atoms with Gasteiger partial charge in [0.1, 0.15) is 0 Å². The number of amides is 1. The van der Waals surface area contributed by atoms with Gasteiger partial charge in [-0.3, -0.25) is 4.79 Å². The molecule has 96 valence electrons. The molecule has 1 aliphatic rings. The molecule has 0 aromatic rings. The van der Waals surface area contributed by atoms with Crippen LogP contribution >= 0.6 is 12.4 Å². The Balaban J connectivity index is 0.00000225. The fraction of sp³-hybridized carbons (Fsp3) is 0.909. The van der Waals surface area contributed by atoms with Crippen LogP contribution in [-0.4, -0.2) is 43.7 Å². The fourth-order valence-electron chi connectivity index (χ4n) is 1.75. The van der Waals surface area contributed by atoms with Gasteiger partial charge < -0.3 is 15.4 Å². The van der Waals surface area contributed by atoms with E-state index in [1.807, 2.05) is 14.0 Å². The standard InChI is InChI=1S/C11H22N2O2.ClH/c1-9(8-12)13(2)11(14)7-10-3-5-15-6-4-10;/h9-10H,3-8,12H2,1-2H3;1H. The van der Waals surface area contributed by atoms with E-state index in [1.54, 1.807) is 4.90 Å². The minimum absolute atomic E-state index is 0. The maximum atomic E-state index is 11.8. The Morgan fingerprint density at radius 1 is 1.50 bits per heavy atom. The number of halogens is 1. The van der Waals surface area contributed by atoms with Crippen LogP contribution in [-0.2, 0) is 9.53 Å². The summed E-state index contributed by atoms with van der Waals surface area (Å²) in [6.07, 6.45) is 2.66. The summed E-state index contributed by atoms with van der Waals surface area (Å²) in [5.74, 6) is 0.707. The van der Waals surface area contributed by atoms with Crippen molar-refractivity contribution in [2.24, 2.45) is 11.7 Å². The number of hydrogen-bond acceptors (Lipinski definition) is 3. The van der Waals surface area contributed by atoms with E-state index in [2.05, 4.69) is 0 Å². The monoisotopic (exact) mass is 250 g/mol. The van der Waals surface area contributed by atoms with Crippen LogP contribution in [0.25, 0.3) is 0 Å². The Kier molecular flexibility index (Phi) is 7.72. The molecule has 0 radical (unpaired) electrons. The highest BCUT2D eigenvalue weighted by atomic mass is 35.5. The van der Waals surface area contributed by atoms with Crippen LogP contribution in [0.4, 0.5) is 0 Å². The van der Waals surface area contributed by atoms with Crippen LogP contribution in [0.2, 0.25) is 0 Å². The molecule has 0 aromatic heterocycles. The lowest BCUT2D eigenvalue weighted by Gasteiger charge is -2.27. The van der Waals surface area contributed by atoms with Crippen molar-refractivity contribution in [1.29, 1.82) is 0 Å². The predicted molar refractivity (Wildman–Crippen MR) is 66.7 cm³/mol. The van der Waals surface area contributed by atoms with Gasteiger partial charge in [-0.25, -0.2) is 0 Å². The van der Waals surface area contributed by atoms with E-state index in [0.717, 1.165) is 26.1 Å². The quantitative estimate of drug-likeness (QED) is 0.811. The third-order valence-corrected chi connectivity index (χ3v) is 3.20. The molecule has 0 saturated carbocycles. The van der Waals surface area contributed by atoms with E-state index in [1.165, 1.54) is 0 Å². The van der Waals surface area contributed by atoms with Gasteiger partial charge in [0.15, 0.2) is 0 Å². The van der Waals surface area contributed by atoms with Crippen LogP contribution in [0.5, 0.6) is 0 Å². The first-order chi connectivity index (χ1) is 7.15. The molecule has 1 aliphatic heterocycles. The lowest BCUT2D eigenvalue weighted by molar-refractivity contribution is -0.133. The molecule has 2 N–H and O–H groups in total.